The maximum atomic E-state index is 12.8. The number of ether oxygens (including phenoxy) is 1. The summed E-state index contributed by atoms with van der Waals surface area (Å²) in [6.07, 6.45) is 1.57. The van der Waals surface area contributed by atoms with Crippen LogP contribution in [0.5, 0.6) is 11.5 Å². The van der Waals surface area contributed by atoms with Crippen LogP contribution in [0.4, 0.5) is 29.0 Å². The SMILES string of the molecule is COc1ccc(S(=O)(=O)CCOSOO[O-])cc1N=Nc1c(SOO[O-])cc2c(S(=O)(=O)[O-])c(Nc3nc(Cl)nc(NC#N)n3)ccc2c1O.[Na+].[Na+].[Na+]. The number of sulfone groups is 1. The fourth-order valence-corrected chi connectivity index (χ4v) is 6.87. The van der Waals surface area contributed by atoms with E-state index in [2.05, 4.69) is 54.6 Å². The average molecular weight is 861 g/mol. The van der Waals surface area contributed by atoms with Crippen LogP contribution in [0.3, 0.4) is 0 Å². The van der Waals surface area contributed by atoms with Crippen molar-refractivity contribution in [3.63, 3.8) is 0 Å². The molecule has 53 heavy (non-hydrogen) atoms. The summed E-state index contributed by atoms with van der Waals surface area (Å²) < 4.78 is 81.6. The first kappa shape index (κ1) is 49.8. The summed E-state index contributed by atoms with van der Waals surface area (Å²) in [5.41, 5.74) is -1.03. The molecule has 3 aromatic carbocycles. The van der Waals surface area contributed by atoms with Gasteiger partial charge in [0.25, 0.3) is 0 Å². The van der Waals surface area contributed by atoms with Crippen LogP contribution in [0.25, 0.3) is 10.8 Å². The Kier molecular flexibility index (Phi) is 21.7. The normalized spacial score (nSPS) is 11.2. The molecule has 3 N–H and O–H groups in total. The number of hydrogen-bond acceptors (Lipinski definition) is 24. The third-order valence-electron chi connectivity index (χ3n) is 5.91. The Balaban J connectivity index is 0.00000468. The molecule has 0 amide bonds. The molecular weight excluding hydrogens is 845 g/mol. The Labute approximate surface area is 379 Å². The van der Waals surface area contributed by atoms with E-state index in [4.69, 9.17) is 25.8 Å². The molecule has 1 heterocycles. The van der Waals surface area contributed by atoms with Crippen molar-refractivity contribution in [1.29, 1.82) is 5.26 Å². The number of methoxy groups -OCH3 is 1. The van der Waals surface area contributed by atoms with Crippen molar-refractivity contribution < 1.29 is 153 Å². The number of aromatic hydroxyl groups is 1. The number of rotatable bonds is 17. The van der Waals surface area contributed by atoms with Gasteiger partial charge in [0, 0.05) is 10.8 Å². The van der Waals surface area contributed by atoms with Crippen molar-refractivity contribution in [2.75, 3.05) is 30.1 Å². The van der Waals surface area contributed by atoms with Gasteiger partial charge in [-0.25, -0.2) is 16.8 Å². The number of nitrogens with one attached hydrogen (secondary N) is 2. The van der Waals surface area contributed by atoms with Crippen LogP contribution in [0, 0.1) is 11.5 Å². The van der Waals surface area contributed by atoms with Gasteiger partial charge in [0.05, 0.1) is 51.9 Å². The van der Waals surface area contributed by atoms with Crippen LogP contribution in [0.15, 0.2) is 61.3 Å². The predicted octanol–water partition coefficient (Wildman–Crippen LogP) is -6.83. The summed E-state index contributed by atoms with van der Waals surface area (Å²) in [6.45, 7) is -0.409. The summed E-state index contributed by atoms with van der Waals surface area (Å²) in [5.74, 6) is -2.01. The summed E-state index contributed by atoms with van der Waals surface area (Å²) in [7, 11) is -8.14. The fourth-order valence-electron chi connectivity index (χ4n) is 3.98. The summed E-state index contributed by atoms with van der Waals surface area (Å²) in [4.78, 5) is 9.77. The van der Waals surface area contributed by atoms with Gasteiger partial charge in [-0.05, 0) is 48.0 Å². The van der Waals surface area contributed by atoms with E-state index < -0.39 is 65.0 Å². The molecule has 0 aliphatic heterocycles. The van der Waals surface area contributed by atoms with Crippen molar-refractivity contribution in [2.24, 2.45) is 10.2 Å². The van der Waals surface area contributed by atoms with Crippen LogP contribution in [0.2, 0.25) is 5.28 Å². The molecule has 0 bridgehead atoms. The Morgan fingerprint density at radius 3 is 2.32 bits per heavy atom. The first-order valence-electron chi connectivity index (χ1n) is 12.7. The number of nitrogens with zero attached hydrogens (tertiary/aromatic N) is 6. The average Bonchev–Trinajstić information content (AvgIpc) is 3.06. The van der Waals surface area contributed by atoms with Crippen LogP contribution < -0.4 is 115 Å². The molecule has 0 fully saturated rings. The molecule has 0 saturated heterocycles. The van der Waals surface area contributed by atoms with Crippen LogP contribution in [-0.4, -0.2) is 60.9 Å². The van der Waals surface area contributed by atoms with Crippen molar-refractivity contribution in [2.45, 2.75) is 14.7 Å². The fraction of sp³-hybridized carbons (Fsp3) is 0.130. The number of phenolic OH excluding ortho intramolecular Hbond substituents is 1. The second kappa shape index (κ2) is 23.1. The molecule has 30 heteroatoms. The molecule has 0 spiro atoms. The first-order valence-corrected chi connectivity index (χ1v) is 17.5. The molecule has 4 rings (SSSR count). The van der Waals surface area contributed by atoms with E-state index >= 15 is 0 Å². The van der Waals surface area contributed by atoms with E-state index in [9.17, 15) is 37.0 Å². The van der Waals surface area contributed by atoms with Gasteiger partial charge < -0.3 is 30.2 Å². The summed E-state index contributed by atoms with van der Waals surface area (Å²) >= 11 is 6.11. The minimum atomic E-state index is -5.38. The molecule has 0 unspecified atom stereocenters. The van der Waals surface area contributed by atoms with E-state index in [0.717, 1.165) is 18.2 Å². The van der Waals surface area contributed by atoms with Crippen LogP contribution in [0.1, 0.15) is 0 Å². The van der Waals surface area contributed by atoms with E-state index in [0.29, 0.717) is 0 Å². The molecule has 1 aromatic heterocycles. The van der Waals surface area contributed by atoms with Crippen molar-refractivity contribution >= 4 is 95.7 Å². The monoisotopic (exact) mass is 860 g/mol. The van der Waals surface area contributed by atoms with Crippen LogP contribution >= 0.6 is 36.0 Å². The molecule has 0 aliphatic carbocycles. The molecule has 0 radical (unpaired) electrons. The number of phenols is 1. The van der Waals surface area contributed by atoms with Crippen molar-refractivity contribution in [1.82, 2.24) is 15.0 Å². The maximum Gasteiger partial charge on any atom is 1.00 e. The Hall–Kier alpha value is -1.21. The molecule has 22 nitrogen and oxygen atoms in total. The number of nitriles is 1. The van der Waals surface area contributed by atoms with E-state index in [1.54, 1.807) is 6.19 Å². The van der Waals surface area contributed by atoms with Gasteiger partial charge in [0.1, 0.15) is 27.2 Å². The number of halogens is 1. The maximum absolute atomic E-state index is 12.8. The second-order valence-corrected chi connectivity index (χ2v) is 13.8. The smallest absolute Gasteiger partial charge is 0.744 e. The zero-order valence-electron chi connectivity index (χ0n) is 27.3. The van der Waals surface area contributed by atoms with Crippen molar-refractivity contribution in [3.8, 4) is 17.7 Å². The minimum absolute atomic E-state index is 0. The van der Waals surface area contributed by atoms with Gasteiger partial charge in [-0.2, -0.15) is 24.5 Å². The Morgan fingerprint density at radius 2 is 1.68 bits per heavy atom. The van der Waals surface area contributed by atoms with Gasteiger partial charge in [-0.3, -0.25) is 19.6 Å². The molecule has 0 atom stereocenters. The molecular formula is C23H16ClN8Na3O14S4. The van der Waals surface area contributed by atoms with E-state index in [1.807, 2.05) is 0 Å². The first-order chi connectivity index (χ1) is 23.8. The number of fused-ring (bicyclic) bond motifs is 1. The zero-order chi connectivity index (χ0) is 36.5. The minimum Gasteiger partial charge on any atom is -0.744 e. The number of aromatic nitrogens is 3. The van der Waals surface area contributed by atoms with E-state index in [-0.39, 0.29) is 152 Å². The van der Waals surface area contributed by atoms with E-state index in [1.165, 1.54) is 25.3 Å². The summed E-state index contributed by atoms with van der Waals surface area (Å²) in [5, 5.41) is 58.5. The molecule has 0 aliphatic rings. The topological polar surface area (TPSA) is 324 Å². The van der Waals surface area contributed by atoms with Gasteiger partial charge >= 0.3 is 88.7 Å². The number of azo groups is 1. The van der Waals surface area contributed by atoms with Gasteiger partial charge in [-0.1, -0.05) is 0 Å². The molecule has 4 aromatic rings. The largest absolute Gasteiger partial charge is 1.00 e. The second-order valence-electron chi connectivity index (χ2n) is 8.77. The third kappa shape index (κ3) is 13.5. The van der Waals surface area contributed by atoms with Gasteiger partial charge in [0.2, 0.25) is 17.2 Å². The number of benzene rings is 3. The number of hydrogen-bond donors (Lipinski definition) is 3. The van der Waals surface area contributed by atoms with Crippen LogP contribution in [-0.2, 0) is 42.9 Å². The standard InChI is InChI=1S/C23H19ClN8O14S4.3Na/c1-41-16-5-2-11(49(36,37)7-6-42-48-46-44-35)8-15(16)31-32-18-17(47-45-43-34)9-13-12(19(18)33)3-4-14(20(13)50(38,39)40)27-23-29-21(24)28-22(30-23)26-10-25;;;/h2-5,8-9,33-35H,6-7H2,1H3,(H,38,39,40)(H2,26,27,28,29,30);;;/q;3*+1/p-3. The Morgan fingerprint density at radius 1 is 0.981 bits per heavy atom. The third-order valence-corrected chi connectivity index (χ3v) is 9.69. The molecule has 266 valence electrons. The predicted molar refractivity (Wildman–Crippen MR) is 164 cm³/mol. The molecule has 0 saturated carbocycles. The van der Waals surface area contributed by atoms with Gasteiger partial charge in [-0.15, -0.1) is 14.6 Å². The Bertz CT molecular complexity index is 2190. The summed E-state index contributed by atoms with van der Waals surface area (Å²) in [6, 6.07) is 6.80. The quantitative estimate of drug-likeness (QED) is 0.0102. The van der Waals surface area contributed by atoms with Crippen molar-refractivity contribution in [3.05, 3.63) is 41.7 Å². The zero-order valence-corrected chi connectivity index (χ0v) is 37.3. The van der Waals surface area contributed by atoms with Gasteiger partial charge in [0.15, 0.2) is 34.1 Å². The number of anilines is 3.